The monoisotopic (exact) mass is 312 g/mol. The first-order valence-electron chi connectivity index (χ1n) is 6.76. The van der Waals surface area contributed by atoms with E-state index in [0.29, 0.717) is 0 Å². The summed E-state index contributed by atoms with van der Waals surface area (Å²) in [4.78, 5) is 22.5. The minimum absolute atomic E-state index is 0.0550. The molecule has 10 heteroatoms. The van der Waals surface area contributed by atoms with E-state index in [0.717, 1.165) is 0 Å². The average molecular weight is 312 g/mol. The predicted octanol–water partition coefficient (Wildman–Crippen LogP) is -2.73. The van der Waals surface area contributed by atoms with Gasteiger partial charge in [-0.15, -0.1) is 0 Å². The Morgan fingerprint density at radius 1 is 1.32 bits per heavy atom. The SMILES string of the molecule is O=c1[nH]c(CCO)nc2c1ncn2C1OC(CO)C(O)C1O. The molecular formula is C12H16N4O6. The van der Waals surface area contributed by atoms with Gasteiger partial charge in [-0.1, -0.05) is 0 Å². The minimum Gasteiger partial charge on any atom is -0.396 e. The van der Waals surface area contributed by atoms with Gasteiger partial charge < -0.3 is 30.1 Å². The van der Waals surface area contributed by atoms with Crippen molar-refractivity contribution in [3.63, 3.8) is 0 Å². The van der Waals surface area contributed by atoms with Crippen LogP contribution < -0.4 is 5.56 Å². The van der Waals surface area contributed by atoms with E-state index in [1.165, 1.54) is 10.9 Å². The number of ether oxygens (including phenoxy) is 1. The fourth-order valence-electron chi connectivity index (χ4n) is 2.49. The first-order valence-corrected chi connectivity index (χ1v) is 6.76. The summed E-state index contributed by atoms with van der Waals surface area (Å²) in [6.45, 7) is -0.637. The lowest BCUT2D eigenvalue weighted by atomic mass is 10.1. The van der Waals surface area contributed by atoms with Crippen molar-refractivity contribution in [2.24, 2.45) is 0 Å². The lowest BCUT2D eigenvalue weighted by molar-refractivity contribution is -0.0511. The summed E-state index contributed by atoms with van der Waals surface area (Å²) in [5, 5.41) is 37.9. The Bertz CT molecular complexity index is 728. The quantitative estimate of drug-likeness (QED) is 0.407. The fourth-order valence-corrected chi connectivity index (χ4v) is 2.49. The molecule has 1 saturated heterocycles. The number of H-pyrrole nitrogens is 1. The van der Waals surface area contributed by atoms with E-state index in [1.807, 2.05) is 0 Å². The molecule has 0 spiro atoms. The van der Waals surface area contributed by atoms with Crippen LogP contribution in [-0.4, -0.2) is 71.5 Å². The van der Waals surface area contributed by atoms with Crippen LogP contribution in [0.25, 0.3) is 11.2 Å². The maximum Gasteiger partial charge on any atom is 0.279 e. The van der Waals surface area contributed by atoms with Gasteiger partial charge >= 0.3 is 0 Å². The molecule has 4 atom stereocenters. The van der Waals surface area contributed by atoms with E-state index in [2.05, 4.69) is 15.0 Å². The number of aromatic nitrogens is 4. The molecule has 0 saturated carbocycles. The van der Waals surface area contributed by atoms with Gasteiger partial charge in [0.1, 0.15) is 24.1 Å². The molecule has 0 bridgehead atoms. The van der Waals surface area contributed by atoms with Gasteiger partial charge in [-0.25, -0.2) is 9.97 Å². The Morgan fingerprint density at radius 3 is 2.73 bits per heavy atom. The lowest BCUT2D eigenvalue weighted by Crippen LogP contribution is -2.33. The molecule has 0 aliphatic carbocycles. The smallest absolute Gasteiger partial charge is 0.279 e. The van der Waals surface area contributed by atoms with E-state index < -0.39 is 36.7 Å². The Balaban J connectivity index is 2.06. The molecule has 120 valence electrons. The number of aromatic amines is 1. The third-order valence-corrected chi connectivity index (χ3v) is 3.62. The molecular weight excluding hydrogens is 296 g/mol. The third kappa shape index (κ3) is 2.30. The molecule has 3 heterocycles. The van der Waals surface area contributed by atoms with Crippen molar-refractivity contribution in [2.45, 2.75) is 31.0 Å². The number of nitrogens with one attached hydrogen (secondary N) is 1. The van der Waals surface area contributed by atoms with Crippen LogP contribution in [0.15, 0.2) is 11.1 Å². The molecule has 0 radical (unpaired) electrons. The minimum atomic E-state index is -1.29. The van der Waals surface area contributed by atoms with Crippen molar-refractivity contribution < 1.29 is 25.2 Å². The van der Waals surface area contributed by atoms with Gasteiger partial charge in [0.2, 0.25) is 0 Å². The topological polar surface area (TPSA) is 154 Å². The summed E-state index contributed by atoms with van der Waals surface area (Å²) in [6, 6.07) is 0. The number of rotatable bonds is 4. The number of aliphatic hydroxyl groups excluding tert-OH is 4. The maximum atomic E-state index is 11.9. The van der Waals surface area contributed by atoms with Crippen molar-refractivity contribution in [2.75, 3.05) is 13.2 Å². The third-order valence-electron chi connectivity index (χ3n) is 3.62. The number of imidazole rings is 1. The maximum absolute atomic E-state index is 11.9. The largest absolute Gasteiger partial charge is 0.396 e. The Labute approximate surface area is 123 Å². The normalized spacial score (nSPS) is 28.5. The van der Waals surface area contributed by atoms with Crippen LogP contribution in [0.4, 0.5) is 0 Å². The van der Waals surface area contributed by atoms with Gasteiger partial charge in [-0.05, 0) is 0 Å². The molecule has 5 N–H and O–H groups in total. The van der Waals surface area contributed by atoms with Crippen molar-refractivity contribution in [3.8, 4) is 0 Å². The second-order valence-electron chi connectivity index (χ2n) is 5.04. The summed E-state index contributed by atoms with van der Waals surface area (Å²) in [6.07, 6.45) is -3.07. The lowest BCUT2D eigenvalue weighted by Gasteiger charge is -2.16. The van der Waals surface area contributed by atoms with Gasteiger partial charge in [0.15, 0.2) is 17.4 Å². The zero-order valence-electron chi connectivity index (χ0n) is 11.5. The van der Waals surface area contributed by atoms with Gasteiger partial charge in [0.05, 0.1) is 19.5 Å². The van der Waals surface area contributed by atoms with Gasteiger partial charge in [0.25, 0.3) is 5.56 Å². The molecule has 1 aliphatic heterocycles. The highest BCUT2D eigenvalue weighted by atomic mass is 16.6. The fraction of sp³-hybridized carbons (Fsp3) is 0.583. The molecule has 1 aliphatic rings. The van der Waals surface area contributed by atoms with Crippen LogP contribution in [0.3, 0.4) is 0 Å². The van der Waals surface area contributed by atoms with Crippen molar-refractivity contribution in [1.29, 1.82) is 0 Å². The molecule has 0 aromatic carbocycles. The molecule has 1 fully saturated rings. The Hall–Kier alpha value is -1.85. The molecule has 2 aromatic heterocycles. The highest BCUT2D eigenvalue weighted by Gasteiger charge is 2.44. The molecule has 0 amide bonds. The Kier molecular flexibility index (Phi) is 3.93. The van der Waals surface area contributed by atoms with Crippen LogP contribution in [0.2, 0.25) is 0 Å². The highest BCUT2D eigenvalue weighted by Crippen LogP contribution is 2.30. The van der Waals surface area contributed by atoms with E-state index in [4.69, 9.17) is 14.9 Å². The van der Waals surface area contributed by atoms with Crippen LogP contribution in [0.5, 0.6) is 0 Å². The van der Waals surface area contributed by atoms with Crippen LogP contribution >= 0.6 is 0 Å². The summed E-state index contributed by atoms with van der Waals surface area (Å²) in [7, 11) is 0. The molecule has 2 aromatic rings. The standard InChI is InChI=1S/C12H16N4O6/c17-2-1-6-14-10-7(11(21)15-6)13-4-16(10)12-9(20)8(19)5(3-18)22-12/h4-5,8-9,12,17-20H,1-3H2,(H,14,15,21). The number of nitrogens with zero attached hydrogens (tertiary/aromatic N) is 3. The molecule has 3 rings (SSSR count). The highest BCUT2D eigenvalue weighted by molar-refractivity contribution is 5.69. The zero-order valence-corrected chi connectivity index (χ0v) is 11.5. The first kappa shape index (κ1) is 15.1. The summed E-state index contributed by atoms with van der Waals surface area (Å²) in [5.74, 6) is 0.272. The summed E-state index contributed by atoms with van der Waals surface area (Å²) >= 11 is 0. The number of fused-ring (bicyclic) bond motifs is 1. The number of hydrogen-bond donors (Lipinski definition) is 5. The van der Waals surface area contributed by atoms with Gasteiger partial charge in [0, 0.05) is 6.42 Å². The van der Waals surface area contributed by atoms with E-state index >= 15 is 0 Å². The van der Waals surface area contributed by atoms with Gasteiger partial charge in [-0.3, -0.25) is 9.36 Å². The van der Waals surface area contributed by atoms with E-state index in [-0.39, 0.29) is 30.0 Å². The second kappa shape index (κ2) is 5.74. The van der Waals surface area contributed by atoms with Crippen LogP contribution in [0.1, 0.15) is 12.1 Å². The van der Waals surface area contributed by atoms with E-state index in [1.54, 1.807) is 0 Å². The van der Waals surface area contributed by atoms with Crippen molar-refractivity contribution in [3.05, 3.63) is 22.5 Å². The second-order valence-corrected chi connectivity index (χ2v) is 5.04. The molecule has 4 unspecified atom stereocenters. The van der Waals surface area contributed by atoms with Crippen LogP contribution in [0, 0.1) is 0 Å². The predicted molar refractivity (Wildman–Crippen MR) is 71.9 cm³/mol. The van der Waals surface area contributed by atoms with Crippen molar-refractivity contribution in [1.82, 2.24) is 19.5 Å². The van der Waals surface area contributed by atoms with Crippen molar-refractivity contribution >= 4 is 11.2 Å². The van der Waals surface area contributed by atoms with E-state index in [9.17, 15) is 15.0 Å². The molecule has 22 heavy (non-hydrogen) atoms. The average Bonchev–Trinajstić information content (AvgIpc) is 3.03. The van der Waals surface area contributed by atoms with Gasteiger partial charge in [-0.2, -0.15) is 0 Å². The Morgan fingerprint density at radius 2 is 2.09 bits per heavy atom. The summed E-state index contributed by atoms with van der Waals surface area (Å²) < 4.78 is 6.73. The zero-order chi connectivity index (χ0) is 15.9. The number of hydrogen-bond acceptors (Lipinski definition) is 8. The first-order chi connectivity index (χ1) is 10.6. The van der Waals surface area contributed by atoms with Crippen LogP contribution in [-0.2, 0) is 11.2 Å². The summed E-state index contributed by atoms with van der Waals surface area (Å²) in [5.41, 5.74) is -0.250. The molecule has 10 nitrogen and oxygen atoms in total. The number of aliphatic hydroxyl groups is 4.